The molecule has 0 aliphatic rings. The molecule has 296 valence electrons. The monoisotopic (exact) mass is 854 g/mol. The summed E-state index contributed by atoms with van der Waals surface area (Å²) in [4.78, 5) is 0. The first-order chi connectivity index (χ1) is 25.1. The molecule has 0 heterocycles. The first-order valence-corrected chi connectivity index (χ1v) is 19.9. The van der Waals surface area contributed by atoms with Crippen LogP contribution in [0.3, 0.4) is 0 Å². The van der Waals surface area contributed by atoms with Crippen LogP contribution >= 0.6 is 0 Å². The van der Waals surface area contributed by atoms with E-state index in [4.69, 9.17) is 12.8 Å². The molecule has 4 rings (SSSR count). The number of benzene rings is 4. The number of hydrogen-bond donors (Lipinski definition) is 0. The highest BCUT2D eigenvalue weighted by atomic mass is 28.5. The highest BCUT2D eigenvalue weighted by molar-refractivity contribution is 6.92. The van der Waals surface area contributed by atoms with E-state index in [0.717, 1.165) is 0 Å². The molecule has 3 nitrogen and oxygen atoms in total. The Hall–Kier alpha value is -4.08. The molecule has 55 heavy (non-hydrogen) atoms. The predicted octanol–water partition coefficient (Wildman–Crippen LogP) is 6.83. The van der Waals surface area contributed by atoms with Crippen LogP contribution < -0.4 is 21.9 Å². The average molecular weight is 854 g/mol. The summed E-state index contributed by atoms with van der Waals surface area (Å²) in [5.41, 5.74) is -9.65. The molecular weight excluding hydrogens is 842 g/mol. The number of halogens is 20. The molecule has 0 aliphatic carbocycles. The minimum atomic E-state index is -5.04. The van der Waals surface area contributed by atoms with Crippen molar-refractivity contribution in [2.24, 2.45) is 0 Å². The first-order valence-electron chi connectivity index (χ1n) is 14.2. The van der Waals surface area contributed by atoms with Gasteiger partial charge < -0.3 is 12.8 Å². The van der Waals surface area contributed by atoms with Crippen molar-refractivity contribution in [2.75, 3.05) is 0 Å². The normalized spacial score (nSPS) is 12.2. The molecule has 4 aromatic rings. The molecule has 0 spiro atoms. The van der Waals surface area contributed by atoms with Gasteiger partial charge in [-0.15, -0.1) is 0 Å². The van der Waals surface area contributed by atoms with E-state index in [2.05, 4.69) is 0 Å². The minimum absolute atomic E-state index is 0.585. The van der Waals surface area contributed by atoms with Crippen LogP contribution in [0, 0.1) is 116 Å². The van der Waals surface area contributed by atoms with Crippen molar-refractivity contribution >= 4 is 52.8 Å². The molecule has 0 saturated carbocycles. The highest BCUT2D eigenvalue weighted by Gasteiger charge is 2.50. The van der Waals surface area contributed by atoms with Crippen LogP contribution in [0.4, 0.5) is 87.8 Å². The van der Waals surface area contributed by atoms with Gasteiger partial charge in [-0.2, -0.15) is 0 Å². The lowest BCUT2D eigenvalue weighted by Gasteiger charge is -2.37. The first kappa shape index (κ1) is 43.6. The molecule has 0 aromatic heterocycles. The maximum absolute atomic E-state index is 15.0. The molecule has 0 unspecified atom stereocenters. The summed E-state index contributed by atoms with van der Waals surface area (Å²) in [7, 11) is -10.1. The van der Waals surface area contributed by atoms with E-state index in [0.29, 0.717) is 26.2 Å². The Morgan fingerprint density at radius 3 is 0.527 bits per heavy atom. The van der Waals surface area contributed by atoms with Crippen molar-refractivity contribution in [1.29, 1.82) is 0 Å². The summed E-state index contributed by atoms with van der Waals surface area (Å²) in [6.07, 6.45) is 0. The fourth-order valence-electron chi connectivity index (χ4n) is 5.14. The molecule has 0 amide bonds. The average Bonchev–Trinajstić information content (AvgIpc) is 3.10. The van der Waals surface area contributed by atoms with Crippen LogP contribution in [0.2, 0.25) is 26.2 Å². The van der Waals surface area contributed by atoms with Crippen LogP contribution in [0.15, 0.2) is 0 Å². The van der Waals surface area contributed by atoms with Gasteiger partial charge >= 0.3 is 31.0 Å². The smallest absolute Gasteiger partial charge is 0.364 e. The lowest BCUT2D eigenvalue weighted by Crippen LogP contribution is -2.63. The number of hydrogen-bond acceptors (Lipinski definition) is 3. The Morgan fingerprint density at radius 1 is 0.255 bits per heavy atom. The Morgan fingerprint density at radius 2 is 0.382 bits per heavy atom. The van der Waals surface area contributed by atoms with Crippen molar-refractivity contribution in [1.82, 2.24) is 0 Å². The van der Waals surface area contributed by atoms with Crippen molar-refractivity contribution in [3.8, 4) is 0 Å². The van der Waals surface area contributed by atoms with E-state index >= 15 is 35.1 Å². The second-order valence-electron chi connectivity index (χ2n) is 11.8. The largest absolute Gasteiger partial charge is 0.449 e. The van der Waals surface area contributed by atoms with E-state index in [-0.39, 0.29) is 0 Å². The summed E-state index contributed by atoms with van der Waals surface area (Å²) in [6, 6.07) is 0. The van der Waals surface area contributed by atoms with Gasteiger partial charge in [-0.1, -0.05) is 0 Å². The third kappa shape index (κ3) is 7.47. The van der Waals surface area contributed by atoms with Crippen LogP contribution in [-0.2, 0) is 12.8 Å². The molecule has 0 bridgehead atoms. The van der Waals surface area contributed by atoms with Crippen molar-refractivity contribution in [2.45, 2.75) is 26.2 Å². The summed E-state index contributed by atoms with van der Waals surface area (Å²) < 4.78 is 305. The number of rotatable bonds is 10. The molecule has 4 aromatic carbocycles. The summed E-state index contributed by atoms with van der Waals surface area (Å²) in [5.74, 6) is -58.1. The Labute approximate surface area is 296 Å². The second kappa shape index (κ2) is 15.1. The van der Waals surface area contributed by atoms with Crippen LogP contribution in [0.25, 0.3) is 0 Å². The predicted molar refractivity (Wildman–Crippen MR) is 153 cm³/mol. The van der Waals surface area contributed by atoms with Crippen molar-refractivity contribution < 1.29 is 101 Å². The third-order valence-electron chi connectivity index (χ3n) is 7.32. The molecule has 0 saturated heterocycles. The van der Waals surface area contributed by atoms with E-state index < -0.39 is 169 Å². The lowest BCUT2D eigenvalue weighted by molar-refractivity contribution is 0.337. The van der Waals surface area contributed by atoms with Crippen LogP contribution in [-0.4, -0.2) is 31.0 Å². The molecule has 0 radical (unpaired) electrons. The van der Waals surface area contributed by atoms with E-state index in [1.54, 1.807) is 0 Å². The highest BCUT2D eigenvalue weighted by Crippen LogP contribution is 2.27. The molecule has 0 aliphatic heterocycles. The van der Waals surface area contributed by atoms with Gasteiger partial charge in [-0.05, 0) is 26.2 Å². The zero-order valence-electron chi connectivity index (χ0n) is 26.9. The molecule has 0 N–H and O–H groups in total. The van der Waals surface area contributed by atoms with Crippen molar-refractivity contribution in [3.05, 3.63) is 116 Å². The zero-order chi connectivity index (χ0) is 42.1. The van der Waals surface area contributed by atoms with Gasteiger partial charge in [0.15, 0.2) is 116 Å². The van der Waals surface area contributed by atoms with Gasteiger partial charge in [-0.3, -0.25) is 0 Å². The Balaban J connectivity index is 1.95. The summed E-state index contributed by atoms with van der Waals surface area (Å²) in [5, 5.41) is 0. The van der Waals surface area contributed by atoms with E-state index in [1.807, 2.05) is 0 Å². The summed E-state index contributed by atoms with van der Waals surface area (Å²) >= 11 is 0. The molecule has 27 heteroatoms. The van der Waals surface area contributed by atoms with E-state index in [9.17, 15) is 52.7 Å². The van der Waals surface area contributed by atoms with Gasteiger partial charge in [-0.25, -0.2) is 87.8 Å². The Bertz CT molecular complexity index is 1850. The Kier molecular flexibility index (Phi) is 12.0. The van der Waals surface area contributed by atoms with E-state index in [1.165, 1.54) is 0 Å². The maximum atomic E-state index is 15.0. The second-order valence-corrected chi connectivity index (χ2v) is 18.7. The van der Waals surface area contributed by atoms with Gasteiger partial charge in [0.1, 0.15) is 0 Å². The molecule has 0 fully saturated rings. The minimum Gasteiger partial charge on any atom is -0.449 e. The van der Waals surface area contributed by atoms with Crippen LogP contribution in [0.1, 0.15) is 0 Å². The fourth-order valence-corrected chi connectivity index (χ4v) is 11.9. The molecule has 0 atom stereocenters. The topological polar surface area (TPSA) is 27.7 Å². The van der Waals surface area contributed by atoms with Crippen LogP contribution in [0.5, 0.6) is 0 Å². The van der Waals surface area contributed by atoms with Gasteiger partial charge in [0, 0.05) is 21.9 Å². The van der Waals surface area contributed by atoms with Gasteiger partial charge in [0.05, 0.1) is 0 Å². The fraction of sp³-hybridized carbons (Fsp3) is 0.143. The third-order valence-corrected chi connectivity index (χ3v) is 12.9. The molecular formula is C28H12B2F20O3Si2. The summed E-state index contributed by atoms with van der Waals surface area (Å²) in [6.45, 7) is -4.82. The maximum Gasteiger partial charge on any atom is 0.364 e. The zero-order valence-corrected chi connectivity index (χ0v) is 28.9. The van der Waals surface area contributed by atoms with Crippen molar-refractivity contribution in [3.63, 3.8) is 0 Å². The van der Waals surface area contributed by atoms with Gasteiger partial charge in [0.2, 0.25) is 0 Å². The van der Waals surface area contributed by atoms with Gasteiger partial charge in [0.25, 0.3) is 0 Å². The standard InChI is InChI=1S/C28H12B2F20O3Si2/c1-54(2,51-29(5-9(31)17(39)25(47)18(40)10(5)32)6-11(33)19(41)26(48)20(42)12(6)34)53-55(3,4)52-30(7-13(35)21(43)27(49)22(44)14(7)36)8-15(37)23(45)28(50)24(46)16(8)38/h1-4H3. The SMILES string of the molecule is C[Si](C)(OB(c1c(F)c(F)c(F)c(F)c1F)c1c(F)c(F)c(F)c(F)c1F)O[Si](C)(C)OB(c1c(F)c(F)c(F)c(F)c1F)c1c(F)c(F)c(F)c(F)c1F. The quantitative estimate of drug-likeness (QED) is 0.0759. The lowest BCUT2D eigenvalue weighted by atomic mass is 9.54.